The molecule has 1 amide bonds. The number of hydrogen-bond acceptors (Lipinski definition) is 4. The summed E-state index contributed by atoms with van der Waals surface area (Å²) >= 11 is 0. The van der Waals surface area contributed by atoms with Crippen LogP contribution in [-0.4, -0.2) is 25.0 Å². The van der Waals surface area contributed by atoms with Crippen molar-refractivity contribution in [3.63, 3.8) is 0 Å². The van der Waals surface area contributed by atoms with Crippen LogP contribution in [0, 0.1) is 0 Å². The maximum Gasteiger partial charge on any atom is 0.325 e. The molecule has 0 fully saturated rings. The van der Waals surface area contributed by atoms with E-state index >= 15 is 0 Å². The molecule has 0 atom stereocenters. The number of benzene rings is 1. The third-order valence-electron chi connectivity index (χ3n) is 2.15. The molecule has 6 heteroatoms. The molecule has 0 bridgehead atoms. The van der Waals surface area contributed by atoms with Gasteiger partial charge in [-0.25, -0.2) is 0 Å². The molecule has 3 N–H and O–H groups in total. The van der Waals surface area contributed by atoms with Gasteiger partial charge in [0.15, 0.2) is 0 Å². The molecule has 0 unspecified atom stereocenters. The summed E-state index contributed by atoms with van der Waals surface area (Å²) in [5, 5.41) is 2.48. The molecule has 1 aromatic rings. The van der Waals surface area contributed by atoms with Gasteiger partial charge in [-0.2, -0.15) is 0 Å². The zero-order chi connectivity index (χ0) is 12.7. The molecular formula is C12H17ClN2O3. The van der Waals surface area contributed by atoms with E-state index in [-0.39, 0.29) is 24.9 Å². The maximum absolute atomic E-state index is 11.6. The lowest BCUT2D eigenvalue weighted by Crippen LogP contribution is -2.30. The third-order valence-corrected chi connectivity index (χ3v) is 2.15. The number of carbonyl (C=O) groups excluding carboxylic acids is 2. The van der Waals surface area contributed by atoms with Crippen molar-refractivity contribution in [2.75, 3.05) is 13.2 Å². The van der Waals surface area contributed by atoms with Gasteiger partial charge in [0.05, 0.1) is 6.61 Å². The van der Waals surface area contributed by atoms with Crippen molar-refractivity contribution < 1.29 is 14.3 Å². The van der Waals surface area contributed by atoms with Crippen LogP contribution in [0.3, 0.4) is 0 Å². The first-order valence-electron chi connectivity index (χ1n) is 5.40. The summed E-state index contributed by atoms with van der Waals surface area (Å²) in [5.41, 5.74) is 6.89. The average molecular weight is 273 g/mol. The van der Waals surface area contributed by atoms with Crippen LogP contribution < -0.4 is 11.1 Å². The molecule has 0 saturated heterocycles. The number of carbonyl (C=O) groups is 2. The van der Waals surface area contributed by atoms with Crippen molar-refractivity contribution in [2.24, 2.45) is 5.73 Å². The largest absolute Gasteiger partial charge is 0.465 e. The van der Waals surface area contributed by atoms with E-state index in [1.165, 1.54) is 0 Å². The van der Waals surface area contributed by atoms with E-state index in [9.17, 15) is 9.59 Å². The number of rotatable bonds is 5. The Bertz CT molecular complexity index is 393. The van der Waals surface area contributed by atoms with Gasteiger partial charge in [-0.15, -0.1) is 12.4 Å². The summed E-state index contributed by atoms with van der Waals surface area (Å²) in [6, 6.07) is 6.89. The van der Waals surface area contributed by atoms with Gasteiger partial charge in [0.2, 0.25) is 0 Å². The van der Waals surface area contributed by atoms with Crippen LogP contribution in [0.4, 0.5) is 0 Å². The lowest BCUT2D eigenvalue weighted by Gasteiger charge is -2.05. The van der Waals surface area contributed by atoms with Gasteiger partial charge in [-0.3, -0.25) is 9.59 Å². The molecule has 5 nitrogen and oxygen atoms in total. The Morgan fingerprint density at radius 3 is 2.39 bits per heavy atom. The second-order valence-corrected chi connectivity index (χ2v) is 3.39. The molecule has 1 rings (SSSR count). The summed E-state index contributed by atoms with van der Waals surface area (Å²) in [6.07, 6.45) is 0. The fraction of sp³-hybridized carbons (Fsp3) is 0.333. The monoisotopic (exact) mass is 272 g/mol. The van der Waals surface area contributed by atoms with Crippen LogP contribution in [0.1, 0.15) is 22.8 Å². The van der Waals surface area contributed by atoms with Crippen LogP contribution in [0.15, 0.2) is 24.3 Å². The number of hydrogen-bond donors (Lipinski definition) is 2. The van der Waals surface area contributed by atoms with E-state index in [1.807, 2.05) is 0 Å². The number of esters is 1. The Morgan fingerprint density at radius 2 is 1.89 bits per heavy atom. The first-order chi connectivity index (χ1) is 8.17. The van der Waals surface area contributed by atoms with Crippen LogP contribution in [0.5, 0.6) is 0 Å². The highest BCUT2D eigenvalue weighted by atomic mass is 35.5. The summed E-state index contributed by atoms with van der Waals surface area (Å²) < 4.78 is 4.69. The van der Waals surface area contributed by atoms with E-state index in [0.29, 0.717) is 18.7 Å². The van der Waals surface area contributed by atoms with E-state index in [0.717, 1.165) is 5.56 Å². The summed E-state index contributed by atoms with van der Waals surface area (Å²) in [5.74, 6) is -0.749. The zero-order valence-electron chi connectivity index (χ0n) is 10.1. The molecule has 0 aromatic heterocycles. The van der Waals surface area contributed by atoms with Gasteiger partial charge in [0, 0.05) is 12.1 Å². The van der Waals surface area contributed by atoms with Crippen LogP contribution >= 0.6 is 12.4 Å². The van der Waals surface area contributed by atoms with Gasteiger partial charge in [-0.05, 0) is 24.6 Å². The van der Waals surface area contributed by atoms with Gasteiger partial charge >= 0.3 is 5.97 Å². The predicted molar refractivity (Wildman–Crippen MR) is 70.5 cm³/mol. The number of nitrogens with one attached hydrogen (secondary N) is 1. The SMILES string of the molecule is CCOC(=O)CNC(=O)c1ccc(CN)cc1.Cl. The van der Waals surface area contributed by atoms with E-state index in [1.54, 1.807) is 31.2 Å². The minimum absolute atomic E-state index is 0. The van der Waals surface area contributed by atoms with E-state index < -0.39 is 5.97 Å². The van der Waals surface area contributed by atoms with Gasteiger partial charge in [0.25, 0.3) is 5.91 Å². The highest BCUT2D eigenvalue weighted by Gasteiger charge is 2.07. The smallest absolute Gasteiger partial charge is 0.325 e. The minimum atomic E-state index is -0.445. The average Bonchev–Trinajstić information content (AvgIpc) is 2.36. The number of halogens is 1. The van der Waals surface area contributed by atoms with Crippen molar-refractivity contribution in [1.29, 1.82) is 0 Å². The van der Waals surface area contributed by atoms with Gasteiger partial charge in [-0.1, -0.05) is 12.1 Å². The molecule has 18 heavy (non-hydrogen) atoms. The van der Waals surface area contributed by atoms with Crippen molar-refractivity contribution in [3.8, 4) is 0 Å². The second kappa shape index (κ2) is 8.49. The van der Waals surface area contributed by atoms with E-state index in [4.69, 9.17) is 10.5 Å². The molecule has 100 valence electrons. The highest BCUT2D eigenvalue weighted by Crippen LogP contribution is 2.03. The quantitative estimate of drug-likeness (QED) is 0.779. The molecule has 0 spiro atoms. The highest BCUT2D eigenvalue weighted by molar-refractivity contribution is 5.95. The first-order valence-corrected chi connectivity index (χ1v) is 5.40. The fourth-order valence-corrected chi connectivity index (χ4v) is 1.26. The van der Waals surface area contributed by atoms with Crippen LogP contribution in [0.25, 0.3) is 0 Å². The van der Waals surface area contributed by atoms with Crippen LogP contribution in [-0.2, 0) is 16.1 Å². The molecule has 0 saturated carbocycles. The molecular weight excluding hydrogens is 256 g/mol. The first kappa shape index (κ1) is 16.4. The lowest BCUT2D eigenvalue weighted by atomic mass is 10.1. The molecule has 0 radical (unpaired) electrons. The summed E-state index contributed by atoms with van der Waals surface area (Å²) in [7, 11) is 0. The second-order valence-electron chi connectivity index (χ2n) is 3.39. The summed E-state index contributed by atoms with van der Waals surface area (Å²) in [4.78, 5) is 22.6. The standard InChI is InChI=1S/C12H16N2O3.ClH/c1-2-17-11(15)8-14-12(16)10-5-3-9(7-13)4-6-10;/h3-6H,2,7-8,13H2,1H3,(H,14,16);1H. The molecule has 1 aromatic carbocycles. The lowest BCUT2D eigenvalue weighted by molar-refractivity contribution is -0.141. The predicted octanol–water partition coefficient (Wildman–Crippen LogP) is 0.860. The summed E-state index contributed by atoms with van der Waals surface area (Å²) in [6.45, 7) is 2.33. The molecule has 0 aliphatic heterocycles. The molecule has 0 aliphatic rings. The van der Waals surface area contributed by atoms with E-state index in [2.05, 4.69) is 5.32 Å². The minimum Gasteiger partial charge on any atom is -0.465 e. The van der Waals surface area contributed by atoms with Crippen molar-refractivity contribution in [2.45, 2.75) is 13.5 Å². The Morgan fingerprint density at radius 1 is 1.28 bits per heavy atom. The Balaban J connectivity index is 0.00000289. The number of nitrogens with two attached hydrogens (primary N) is 1. The Hall–Kier alpha value is -1.59. The third kappa shape index (κ3) is 5.16. The maximum atomic E-state index is 11.6. The number of amides is 1. The van der Waals surface area contributed by atoms with Crippen molar-refractivity contribution in [1.82, 2.24) is 5.32 Å². The zero-order valence-corrected chi connectivity index (χ0v) is 11.0. The number of ether oxygens (including phenoxy) is 1. The Kier molecular flexibility index (Phi) is 7.74. The topological polar surface area (TPSA) is 81.4 Å². The van der Waals surface area contributed by atoms with Gasteiger partial charge in [0.1, 0.15) is 6.54 Å². The Labute approximate surface area is 112 Å². The van der Waals surface area contributed by atoms with Crippen molar-refractivity contribution >= 4 is 24.3 Å². The van der Waals surface area contributed by atoms with Gasteiger partial charge < -0.3 is 15.8 Å². The van der Waals surface area contributed by atoms with Crippen molar-refractivity contribution in [3.05, 3.63) is 35.4 Å². The fourth-order valence-electron chi connectivity index (χ4n) is 1.26. The molecule has 0 heterocycles. The van der Waals surface area contributed by atoms with Crippen LogP contribution in [0.2, 0.25) is 0 Å². The molecule has 0 aliphatic carbocycles. The normalized spacial score (nSPS) is 9.22.